The molecular formula is C25H37N3O5. The van der Waals surface area contributed by atoms with E-state index in [1.807, 2.05) is 6.92 Å². The van der Waals surface area contributed by atoms with Crippen LogP contribution in [0.1, 0.15) is 49.5 Å². The quantitative estimate of drug-likeness (QED) is 0.621. The highest BCUT2D eigenvalue weighted by atomic mass is 16.5. The summed E-state index contributed by atoms with van der Waals surface area (Å²) in [4.78, 5) is 21.8. The molecule has 2 aliphatic rings. The number of amides is 1. The molecule has 0 saturated carbocycles. The molecule has 3 rings (SSSR count). The van der Waals surface area contributed by atoms with Crippen molar-refractivity contribution in [3.63, 3.8) is 0 Å². The van der Waals surface area contributed by atoms with E-state index in [4.69, 9.17) is 9.47 Å². The highest BCUT2D eigenvalue weighted by Gasteiger charge is 2.34. The third kappa shape index (κ3) is 6.90. The number of carbonyl (C=O) groups excluding carboxylic acids is 1. The van der Waals surface area contributed by atoms with E-state index >= 15 is 0 Å². The van der Waals surface area contributed by atoms with Crippen molar-refractivity contribution in [2.24, 2.45) is 11.8 Å². The summed E-state index contributed by atoms with van der Waals surface area (Å²) in [6.07, 6.45) is 2.76. The molecule has 3 heterocycles. The summed E-state index contributed by atoms with van der Waals surface area (Å²) in [5.74, 6) is 6.24. The summed E-state index contributed by atoms with van der Waals surface area (Å²) in [7, 11) is 2.10. The van der Waals surface area contributed by atoms with Crippen LogP contribution in [0.2, 0.25) is 0 Å². The number of aliphatic hydroxyl groups is 2. The minimum atomic E-state index is -0.777. The molecule has 0 spiro atoms. The minimum Gasteiger partial charge on any atom is -0.472 e. The molecule has 182 valence electrons. The molecule has 33 heavy (non-hydrogen) atoms. The van der Waals surface area contributed by atoms with E-state index in [1.54, 1.807) is 24.1 Å². The van der Waals surface area contributed by atoms with Crippen LogP contribution in [-0.2, 0) is 4.74 Å². The highest BCUT2D eigenvalue weighted by molar-refractivity contribution is 5.97. The Morgan fingerprint density at radius 1 is 1.30 bits per heavy atom. The third-order valence-corrected chi connectivity index (χ3v) is 6.35. The number of rotatable bonds is 6. The lowest BCUT2D eigenvalue weighted by Crippen LogP contribution is -2.50. The van der Waals surface area contributed by atoms with Gasteiger partial charge in [-0.15, -0.1) is 0 Å². The van der Waals surface area contributed by atoms with Crippen LogP contribution in [0.15, 0.2) is 12.3 Å². The molecule has 1 fully saturated rings. The van der Waals surface area contributed by atoms with Crippen molar-refractivity contribution in [1.29, 1.82) is 0 Å². The van der Waals surface area contributed by atoms with Crippen LogP contribution in [0.25, 0.3) is 0 Å². The van der Waals surface area contributed by atoms with Crippen LogP contribution in [0, 0.1) is 23.7 Å². The molecule has 2 N–H and O–H groups in total. The number of fused-ring (bicyclic) bond motifs is 1. The average Bonchev–Trinajstić information content (AvgIpc) is 2.80. The van der Waals surface area contributed by atoms with Crippen molar-refractivity contribution in [1.82, 2.24) is 14.8 Å². The Bertz CT molecular complexity index is 859. The van der Waals surface area contributed by atoms with Gasteiger partial charge >= 0.3 is 0 Å². The standard InChI is InChI=1S/C25H37N3O5/c1-17-13-28(18(2)16-29)25(31)22-11-21(6-5-19(3)30)12-26-24(22)33-23(17)15-27(4)14-20-7-9-32-10-8-20/h11-12,17-20,23,29-30H,7-10,13-16H2,1-4H3/t17-,18-,19-,23-/m0/s1. The number of nitrogens with zero attached hydrogens (tertiary/aromatic N) is 3. The highest BCUT2D eigenvalue weighted by Crippen LogP contribution is 2.27. The van der Waals surface area contributed by atoms with Gasteiger partial charge in [-0.3, -0.25) is 4.79 Å². The zero-order valence-electron chi connectivity index (χ0n) is 20.2. The van der Waals surface area contributed by atoms with Gasteiger partial charge in [0.15, 0.2) is 0 Å². The van der Waals surface area contributed by atoms with Gasteiger partial charge in [0.05, 0.1) is 12.6 Å². The van der Waals surface area contributed by atoms with Gasteiger partial charge in [-0.1, -0.05) is 18.8 Å². The number of pyridine rings is 1. The van der Waals surface area contributed by atoms with Crippen molar-refractivity contribution in [2.75, 3.05) is 46.5 Å². The number of ether oxygens (including phenoxy) is 2. The summed E-state index contributed by atoms with van der Waals surface area (Å²) < 4.78 is 11.8. The molecule has 0 bridgehead atoms. The van der Waals surface area contributed by atoms with Crippen molar-refractivity contribution in [3.05, 3.63) is 23.4 Å². The van der Waals surface area contributed by atoms with Crippen molar-refractivity contribution < 1.29 is 24.5 Å². The molecule has 8 nitrogen and oxygen atoms in total. The normalized spacial score (nSPS) is 23.6. The molecule has 1 aromatic rings. The summed E-state index contributed by atoms with van der Waals surface area (Å²) in [6, 6.07) is 1.33. The first-order valence-corrected chi connectivity index (χ1v) is 11.8. The van der Waals surface area contributed by atoms with E-state index in [-0.39, 0.29) is 36.5 Å². The Morgan fingerprint density at radius 3 is 2.70 bits per heavy atom. The fraction of sp³-hybridized carbons (Fsp3) is 0.680. The van der Waals surface area contributed by atoms with Crippen LogP contribution in [-0.4, -0.2) is 95.7 Å². The van der Waals surface area contributed by atoms with E-state index in [2.05, 4.69) is 35.7 Å². The molecule has 1 amide bonds. The Balaban J connectivity index is 1.86. The molecule has 0 unspecified atom stereocenters. The minimum absolute atomic E-state index is 0.0461. The van der Waals surface area contributed by atoms with Gasteiger partial charge < -0.3 is 29.5 Å². The van der Waals surface area contributed by atoms with Crippen LogP contribution < -0.4 is 4.74 Å². The van der Waals surface area contributed by atoms with Gasteiger partial charge in [0, 0.05) is 50.5 Å². The summed E-state index contributed by atoms with van der Waals surface area (Å²) >= 11 is 0. The molecule has 1 saturated heterocycles. The molecule has 2 aliphatic heterocycles. The van der Waals surface area contributed by atoms with Crippen LogP contribution in [0.3, 0.4) is 0 Å². The first-order valence-electron chi connectivity index (χ1n) is 11.8. The van der Waals surface area contributed by atoms with Gasteiger partial charge in [0.1, 0.15) is 17.8 Å². The first kappa shape index (κ1) is 25.4. The van der Waals surface area contributed by atoms with Gasteiger partial charge in [-0.25, -0.2) is 4.98 Å². The van der Waals surface area contributed by atoms with Gasteiger partial charge in [0.2, 0.25) is 5.88 Å². The van der Waals surface area contributed by atoms with Gasteiger partial charge in [-0.05, 0) is 45.7 Å². The number of hydrogen-bond acceptors (Lipinski definition) is 7. The molecule has 0 aromatic carbocycles. The van der Waals surface area contributed by atoms with Crippen LogP contribution in [0.4, 0.5) is 0 Å². The Morgan fingerprint density at radius 2 is 2.03 bits per heavy atom. The molecular weight excluding hydrogens is 422 g/mol. The van der Waals surface area contributed by atoms with Gasteiger partial charge in [-0.2, -0.15) is 0 Å². The van der Waals surface area contributed by atoms with E-state index in [0.717, 1.165) is 32.6 Å². The van der Waals surface area contributed by atoms with Crippen LogP contribution in [0.5, 0.6) is 5.88 Å². The maximum Gasteiger partial charge on any atom is 0.259 e. The van der Waals surface area contributed by atoms with Crippen molar-refractivity contribution in [2.45, 2.75) is 51.9 Å². The molecule has 0 aliphatic carbocycles. The van der Waals surface area contributed by atoms with E-state index in [9.17, 15) is 15.0 Å². The summed E-state index contributed by atoms with van der Waals surface area (Å²) in [5, 5.41) is 19.3. The summed E-state index contributed by atoms with van der Waals surface area (Å²) in [6.45, 7) is 9.16. The zero-order valence-corrected chi connectivity index (χ0v) is 20.2. The lowest BCUT2D eigenvalue weighted by atomic mass is 9.97. The average molecular weight is 460 g/mol. The topological polar surface area (TPSA) is 95.4 Å². The summed E-state index contributed by atoms with van der Waals surface area (Å²) in [5.41, 5.74) is 0.863. The lowest BCUT2D eigenvalue weighted by Gasteiger charge is -2.38. The van der Waals surface area contributed by atoms with Crippen molar-refractivity contribution in [3.8, 4) is 17.7 Å². The molecule has 0 radical (unpaired) electrons. The first-order chi connectivity index (χ1) is 15.8. The largest absolute Gasteiger partial charge is 0.472 e. The maximum atomic E-state index is 13.4. The van der Waals surface area contributed by atoms with E-state index < -0.39 is 6.10 Å². The third-order valence-electron chi connectivity index (χ3n) is 6.35. The number of hydrogen-bond donors (Lipinski definition) is 2. The monoisotopic (exact) mass is 459 g/mol. The number of aromatic nitrogens is 1. The molecule has 8 heteroatoms. The lowest BCUT2D eigenvalue weighted by molar-refractivity contribution is 0.0254. The second kappa shape index (κ2) is 11.8. The molecule has 1 aromatic heterocycles. The van der Waals surface area contributed by atoms with Crippen molar-refractivity contribution >= 4 is 5.91 Å². The second-order valence-electron chi connectivity index (χ2n) is 9.42. The fourth-order valence-electron chi connectivity index (χ4n) is 4.33. The van der Waals surface area contributed by atoms with E-state index in [1.165, 1.54) is 0 Å². The van der Waals surface area contributed by atoms with Gasteiger partial charge in [0.25, 0.3) is 5.91 Å². The number of carbonyl (C=O) groups is 1. The predicted molar refractivity (Wildman–Crippen MR) is 125 cm³/mol. The SMILES string of the molecule is C[C@H](O)C#Cc1cnc2c(c1)C(=O)N([C@@H](C)CO)C[C@H](C)[C@H](CN(C)CC1CCOCC1)O2. The predicted octanol–water partition coefficient (Wildman–Crippen LogP) is 1.39. The van der Waals surface area contributed by atoms with Crippen LogP contribution >= 0.6 is 0 Å². The maximum absolute atomic E-state index is 13.4. The Labute approximate surface area is 196 Å². The van der Waals surface area contributed by atoms with E-state index in [0.29, 0.717) is 30.1 Å². The Hall–Kier alpha value is -2.18. The second-order valence-corrected chi connectivity index (χ2v) is 9.42. The Kier molecular flexibility index (Phi) is 9.10. The smallest absolute Gasteiger partial charge is 0.259 e. The molecule has 4 atom stereocenters. The number of likely N-dealkylation sites (N-methyl/N-ethyl adjacent to an activating group) is 1. The zero-order chi connectivity index (χ0) is 24.0. The fourth-order valence-corrected chi connectivity index (χ4v) is 4.33. The number of aliphatic hydroxyl groups excluding tert-OH is 2.